The van der Waals surface area contributed by atoms with Gasteiger partial charge in [0.1, 0.15) is 4.70 Å². The van der Waals surface area contributed by atoms with Crippen molar-refractivity contribution in [2.24, 2.45) is 0 Å². The van der Waals surface area contributed by atoms with E-state index in [1.165, 1.54) is 34.8 Å². The van der Waals surface area contributed by atoms with Gasteiger partial charge in [-0.05, 0) is 93.6 Å². The first kappa shape index (κ1) is 38.5. The van der Waals surface area contributed by atoms with Gasteiger partial charge in [-0.25, -0.2) is 23.4 Å². The topological polar surface area (TPSA) is 183 Å². The van der Waals surface area contributed by atoms with Gasteiger partial charge in [-0.3, -0.25) is 0 Å². The normalized spacial score (nSPS) is 11.5. The van der Waals surface area contributed by atoms with E-state index in [4.69, 9.17) is 9.29 Å². The molecule has 0 spiro atoms. The number of hydrogen-bond donors (Lipinski definition) is 5. The standard InChI is InChI=1S/C35H36FN7O6S3/c1-23-21-30(41-42-32(23)40-34-38-26-10-2-3-11-28(26)50-34)43(17-4-5-18-44)35-39-31(33(45)46)29(51-35)12-7-19-49-27-14-13-24(22-25(27)36)9-6-15-37-16-8-20-52(47)48/h2,10,13-14,21-22,37,44H,4-5,7-8,12,15-20H2,1H3,(H,45,46)(H,47,48)(H,38,40,42). The summed E-state index contributed by atoms with van der Waals surface area (Å²) in [5.41, 5.74) is 1.99. The summed E-state index contributed by atoms with van der Waals surface area (Å²) in [6.07, 6.45) is 2.42. The van der Waals surface area contributed by atoms with Crippen molar-refractivity contribution in [1.82, 2.24) is 25.5 Å². The van der Waals surface area contributed by atoms with Gasteiger partial charge in [0.25, 0.3) is 0 Å². The number of nitrogens with one attached hydrogen (secondary N) is 2. The third-order valence-corrected chi connectivity index (χ3v) is 10.1. The fourth-order valence-electron chi connectivity index (χ4n) is 4.85. The molecule has 1 atom stereocenters. The molecule has 5 N–H and O–H groups in total. The number of aliphatic hydroxyl groups is 1. The Bertz CT molecular complexity index is 2030. The third kappa shape index (κ3) is 10.9. The van der Waals surface area contributed by atoms with Crippen LogP contribution < -0.4 is 20.3 Å². The SMILES string of the molecule is Cc1cc(N(CCCCO)c2nc(C(=O)O)c(CCCOc3ccc(C#CCNCCCS(=O)O)cc3F)s2)nnc1Nc1nc2ccc#cc2s1. The Kier molecular flexibility index (Phi) is 14.2. The van der Waals surface area contributed by atoms with Gasteiger partial charge in [-0.2, -0.15) is 0 Å². The molecule has 0 aliphatic heterocycles. The minimum atomic E-state index is -1.81. The summed E-state index contributed by atoms with van der Waals surface area (Å²) >= 11 is 0.838. The molecule has 3 aromatic heterocycles. The molecule has 0 fully saturated rings. The largest absolute Gasteiger partial charge is 0.491 e. The van der Waals surface area contributed by atoms with E-state index >= 15 is 0 Å². The van der Waals surface area contributed by atoms with Crippen molar-refractivity contribution in [3.8, 4) is 17.6 Å². The second-order valence-electron chi connectivity index (χ2n) is 11.3. The molecule has 1 unspecified atom stereocenters. The van der Waals surface area contributed by atoms with Crippen molar-refractivity contribution in [3.63, 3.8) is 0 Å². The van der Waals surface area contributed by atoms with E-state index in [9.17, 15) is 23.6 Å². The van der Waals surface area contributed by atoms with Crippen molar-refractivity contribution < 1.29 is 32.9 Å². The van der Waals surface area contributed by atoms with Gasteiger partial charge >= 0.3 is 5.97 Å². The molecule has 5 rings (SSSR count). The number of anilines is 4. The average Bonchev–Trinajstić information content (AvgIpc) is 3.74. The van der Waals surface area contributed by atoms with Gasteiger partial charge in [-0.1, -0.05) is 29.2 Å². The minimum absolute atomic E-state index is 0.00875. The van der Waals surface area contributed by atoms with Crippen LogP contribution in [0.5, 0.6) is 5.75 Å². The number of aromatic carboxylic acids is 1. The number of halogens is 1. The lowest BCUT2D eigenvalue weighted by molar-refractivity contribution is 0.0690. The highest BCUT2D eigenvalue weighted by Gasteiger charge is 2.23. The molecule has 0 amide bonds. The molecule has 0 radical (unpaired) electrons. The predicted octanol–water partition coefficient (Wildman–Crippen LogP) is 5.51. The third-order valence-electron chi connectivity index (χ3n) is 7.40. The first-order valence-corrected chi connectivity index (χ1v) is 19.2. The second-order valence-corrected chi connectivity index (χ2v) is 14.4. The Labute approximate surface area is 310 Å². The number of rotatable bonds is 19. The van der Waals surface area contributed by atoms with Crippen LogP contribution in [0.25, 0.3) is 10.2 Å². The maximum atomic E-state index is 14.7. The Morgan fingerprint density at radius 3 is 2.75 bits per heavy atom. The van der Waals surface area contributed by atoms with Crippen LogP contribution in [0.2, 0.25) is 0 Å². The number of hydrogen-bond acceptors (Lipinski definition) is 13. The Morgan fingerprint density at radius 2 is 2.00 bits per heavy atom. The number of aromatic nitrogens is 4. The number of fused-ring (bicyclic) bond motifs is 1. The highest BCUT2D eigenvalue weighted by Crippen LogP contribution is 2.34. The van der Waals surface area contributed by atoms with Gasteiger partial charge in [0, 0.05) is 23.6 Å². The average molecular weight is 766 g/mol. The Morgan fingerprint density at radius 1 is 1.13 bits per heavy atom. The zero-order valence-corrected chi connectivity index (χ0v) is 30.6. The van der Waals surface area contributed by atoms with E-state index in [-0.39, 0.29) is 30.4 Å². The summed E-state index contributed by atoms with van der Waals surface area (Å²) < 4.78 is 40.7. The van der Waals surface area contributed by atoms with Gasteiger partial charge in [0.05, 0.1) is 24.4 Å². The van der Waals surface area contributed by atoms with Crippen LogP contribution in [-0.2, 0) is 17.5 Å². The molecular weight excluding hydrogens is 730 g/mol. The van der Waals surface area contributed by atoms with Crippen molar-refractivity contribution in [3.05, 3.63) is 76.0 Å². The molecule has 0 aliphatic carbocycles. The van der Waals surface area contributed by atoms with Crippen molar-refractivity contribution in [1.29, 1.82) is 0 Å². The monoisotopic (exact) mass is 765 g/mol. The van der Waals surface area contributed by atoms with Gasteiger partial charge < -0.3 is 35.0 Å². The number of nitrogens with zero attached hydrogens (tertiary/aromatic N) is 5. The highest BCUT2D eigenvalue weighted by atomic mass is 32.2. The van der Waals surface area contributed by atoms with E-state index in [1.807, 2.05) is 19.1 Å². The second kappa shape index (κ2) is 19.2. The van der Waals surface area contributed by atoms with Crippen molar-refractivity contribution in [2.75, 3.05) is 48.8 Å². The number of benzene rings is 1. The molecule has 5 aromatic rings. The Balaban J connectivity index is 1.21. The van der Waals surface area contributed by atoms with E-state index in [0.29, 0.717) is 84.1 Å². The first-order chi connectivity index (χ1) is 25.2. The molecule has 3 heterocycles. The molecule has 0 bridgehead atoms. The van der Waals surface area contributed by atoms with Crippen molar-refractivity contribution in [2.45, 2.75) is 39.0 Å². The zero-order valence-electron chi connectivity index (χ0n) is 28.1. The van der Waals surface area contributed by atoms with Crippen LogP contribution >= 0.6 is 22.7 Å². The predicted molar refractivity (Wildman–Crippen MR) is 200 cm³/mol. The summed E-state index contributed by atoms with van der Waals surface area (Å²) in [5, 5.41) is 35.6. The highest BCUT2D eigenvalue weighted by molar-refractivity contribution is 7.79. The maximum absolute atomic E-state index is 14.7. The zero-order chi connectivity index (χ0) is 36.9. The molecular formula is C35H36FN7O6S3. The lowest BCUT2D eigenvalue weighted by Crippen LogP contribution is -2.21. The number of ether oxygens (including phenoxy) is 1. The number of unbranched alkanes of at least 4 members (excludes halogenated alkanes) is 1. The van der Waals surface area contributed by atoms with E-state index in [0.717, 1.165) is 15.8 Å². The Hall–Kier alpha value is -4.75. The van der Waals surface area contributed by atoms with Crippen LogP contribution in [0.15, 0.2) is 36.4 Å². The van der Waals surface area contributed by atoms with Gasteiger partial charge in [-0.15, -0.1) is 21.5 Å². The van der Waals surface area contributed by atoms with Gasteiger partial charge in [0.15, 0.2) is 50.2 Å². The summed E-state index contributed by atoms with van der Waals surface area (Å²) in [5.74, 6) is 5.27. The number of thiazole rings is 2. The van der Waals surface area contributed by atoms with E-state index in [2.05, 4.69) is 54.8 Å². The molecule has 2 aromatic carbocycles. The maximum Gasteiger partial charge on any atom is 0.355 e. The molecule has 0 aliphatic rings. The molecule has 13 nitrogen and oxygen atoms in total. The number of carboxylic acids is 1. The summed E-state index contributed by atoms with van der Waals surface area (Å²) in [4.78, 5) is 23.6. The van der Waals surface area contributed by atoms with Crippen LogP contribution in [-0.4, -0.2) is 83.7 Å². The number of aryl methyl sites for hydroxylation is 2. The molecule has 272 valence electrons. The number of carboxylic acid groups (broad SMARTS) is 1. The van der Waals surface area contributed by atoms with Gasteiger partial charge in [0.2, 0.25) is 0 Å². The summed E-state index contributed by atoms with van der Waals surface area (Å²) in [6.45, 7) is 3.36. The summed E-state index contributed by atoms with van der Waals surface area (Å²) in [7, 11) is 0. The lowest BCUT2D eigenvalue weighted by atomic mass is 10.2. The lowest BCUT2D eigenvalue weighted by Gasteiger charge is -2.21. The van der Waals surface area contributed by atoms with Crippen LogP contribution in [0.4, 0.5) is 26.3 Å². The first-order valence-electron chi connectivity index (χ1n) is 16.3. The minimum Gasteiger partial charge on any atom is -0.491 e. The molecule has 0 saturated heterocycles. The fraction of sp³-hybridized carbons (Fsp3) is 0.343. The molecule has 0 saturated carbocycles. The molecule has 17 heteroatoms. The van der Waals surface area contributed by atoms with Crippen LogP contribution in [0.1, 0.15) is 52.2 Å². The van der Waals surface area contributed by atoms with Crippen molar-refractivity contribution >= 4 is 71.8 Å². The fourth-order valence-corrected chi connectivity index (χ4v) is 7.19. The van der Waals surface area contributed by atoms with E-state index in [1.54, 1.807) is 17.0 Å². The number of carbonyl (C=O) groups is 1. The van der Waals surface area contributed by atoms with Crippen LogP contribution in [0, 0.1) is 36.7 Å². The quantitative estimate of drug-likeness (QED) is 0.0404. The van der Waals surface area contributed by atoms with E-state index < -0.39 is 22.9 Å². The number of aliphatic hydroxyl groups excluding tert-OH is 1. The smallest absolute Gasteiger partial charge is 0.355 e. The van der Waals surface area contributed by atoms with Crippen LogP contribution in [0.3, 0.4) is 0 Å². The summed E-state index contributed by atoms with van der Waals surface area (Å²) in [6, 6.07) is 15.8. The molecule has 52 heavy (non-hydrogen) atoms.